The van der Waals surface area contributed by atoms with Crippen LogP contribution in [-0.2, 0) is 0 Å². The van der Waals surface area contributed by atoms with Gasteiger partial charge in [-0.3, -0.25) is 0 Å². The molecule has 2 N–H and O–H groups in total. The van der Waals surface area contributed by atoms with Crippen molar-refractivity contribution in [3.63, 3.8) is 0 Å². The van der Waals surface area contributed by atoms with Gasteiger partial charge in [-0.05, 0) is 23.6 Å². The molecule has 0 amide bonds. The Labute approximate surface area is 135 Å². The van der Waals surface area contributed by atoms with Crippen molar-refractivity contribution in [2.75, 3.05) is 12.8 Å². The van der Waals surface area contributed by atoms with E-state index in [1.807, 2.05) is 11.4 Å². The lowest BCUT2D eigenvalue weighted by atomic mass is 10.0. The highest BCUT2D eigenvalue weighted by molar-refractivity contribution is 7.14. The Hall–Kier alpha value is -1.69. The molecule has 0 fully saturated rings. The largest absolute Gasteiger partial charge is 0.495 e. The first-order valence-corrected chi connectivity index (χ1v) is 7.58. The number of hydrogen-bond acceptors (Lipinski definition) is 5. The highest BCUT2D eigenvalue weighted by Crippen LogP contribution is 2.46. The van der Waals surface area contributed by atoms with Crippen molar-refractivity contribution in [3.05, 3.63) is 39.7 Å². The molecule has 0 aliphatic carbocycles. The van der Waals surface area contributed by atoms with Gasteiger partial charge in [0.05, 0.1) is 27.6 Å². The van der Waals surface area contributed by atoms with Crippen LogP contribution in [0.1, 0.15) is 0 Å². The number of benzene rings is 1. The summed E-state index contributed by atoms with van der Waals surface area (Å²) in [4.78, 5) is 0.809. The minimum absolute atomic E-state index is 0.162. The van der Waals surface area contributed by atoms with Crippen molar-refractivity contribution in [1.29, 1.82) is 0 Å². The SMILES string of the molecule is COc1ccsc1-c1noc(N)c1-c1c(Cl)cccc1Cl. The predicted molar refractivity (Wildman–Crippen MR) is 86.2 cm³/mol. The fraction of sp³-hybridized carbons (Fsp3) is 0.0714. The number of rotatable bonds is 3. The second-order valence-electron chi connectivity index (χ2n) is 4.19. The monoisotopic (exact) mass is 340 g/mol. The van der Waals surface area contributed by atoms with E-state index in [4.69, 9.17) is 38.2 Å². The van der Waals surface area contributed by atoms with E-state index in [0.29, 0.717) is 32.6 Å². The highest BCUT2D eigenvalue weighted by atomic mass is 35.5. The summed E-state index contributed by atoms with van der Waals surface area (Å²) >= 11 is 14.0. The molecular weight excluding hydrogens is 331 g/mol. The lowest BCUT2D eigenvalue weighted by molar-refractivity contribution is 0.416. The minimum Gasteiger partial charge on any atom is -0.495 e. The Kier molecular flexibility index (Phi) is 3.80. The molecule has 2 heterocycles. The van der Waals surface area contributed by atoms with E-state index in [9.17, 15) is 0 Å². The average molecular weight is 341 g/mol. The number of anilines is 1. The molecule has 21 heavy (non-hydrogen) atoms. The van der Waals surface area contributed by atoms with E-state index in [2.05, 4.69) is 5.16 Å². The van der Waals surface area contributed by atoms with Gasteiger partial charge in [0.2, 0.25) is 5.88 Å². The predicted octanol–water partition coefficient (Wildman–Crippen LogP) is 4.97. The number of nitrogen functional groups attached to an aromatic ring is 1. The van der Waals surface area contributed by atoms with Gasteiger partial charge in [0, 0.05) is 5.56 Å². The maximum Gasteiger partial charge on any atom is 0.230 e. The number of halogens is 2. The van der Waals surface area contributed by atoms with Crippen molar-refractivity contribution in [2.45, 2.75) is 0 Å². The standard InChI is InChI=1S/C14H10Cl2N2O2S/c1-19-9-5-6-21-13(9)12-11(14(17)20-18-12)10-7(15)3-2-4-8(10)16/h2-6H,17H2,1H3. The maximum atomic E-state index is 6.26. The topological polar surface area (TPSA) is 61.3 Å². The number of nitrogens with zero attached hydrogens (tertiary/aromatic N) is 1. The van der Waals surface area contributed by atoms with Crippen LogP contribution in [0.15, 0.2) is 34.2 Å². The minimum atomic E-state index is 0.162. The molecule has 2 aromatic heterocycles. The molecule has 0 aliphatic heterocycles. The normalized spacial score (nSPS) is 10.8. The number of nitrogens with two attached hydrogens (primary N) is 1. The molecule has 3 rings (SSSR count). The van der Waals surface area contributed by atoms with E-state index in [-0.39, 0.29) is 5.88 Å². The van der Waals surface area contributed by atoms with E-state index < -0.39 is 0 Å². The second kappa shape index (κ2) is 5.60. The summed E-state index contributed by atoms with van der Waals surface area (Å²) in [6.07, 6.45) is 0. The molecule has 4 nitrogen and oxygen atoms in total. The third-order valence-electron chi connectivity index (χ3n) is 3.00. The van der Waals surface area contributed by atoms with Crippen LogP contribution in [0, 0.1) is 0 Å². The van der Waals surface area contributed by atoms with Crippen LogP contribution >= 0.6 is 34.5 Å². The molecule has 0 saturated carbocycles. The number of methoxy groups -OCH3 is 1. The van der Waals surface area contributed by atoms with Gasteiger partial charge in [-0.25, -0.2) is 0 Å². The molecule has 0 aliphatic rings. The third kappa shape index (κ3) is 2.37. The van der Waals surface area contributed by atoms with Gasteiger partial charge in [-0.15, -0.1) is 11.3 Å². The molecule has 0 spiro atoms. The first-order chi connectivity index (χ1) is 10.1. The van der Waals surface area contributed by atoms with Crippen LogP contribution in [-0.4, -0.2) is 12.3 Å². The lowest BCUT2D eigenvalue weighted by Gasteiger charge is -2.07. The van der Waals surface area contributed by atoms with Crippen molar-refractivity contribution in [2.24, 2.45) is 0 Å². The Balaban J connectivity index is 2.28. The fourth-order valence-corrected chi connectivity index (χ4v) is 3.50. The molecule has 108 valence electrons. The summed E-state index contributed by atoms with van der Waals surface area (Å²) in [5, 5.41) is 6.90. The van der Waals surface area contributed by atoms with Gasteiger partial charge in [0.15, 0.2) is 0 Å². The van der Waals surface area contributed by atoms with Crippen LogP contribution in [0.25, 0.3) is 21.7 Å². The summed E-state index contributed by atoms with van der Waals surface area (Å²) in [5.74, 6) is 0.855. The van der Waals surface area contributed by atoms with Gasteiger partial charge < -0.3 is 15.0 Å². The first-order valence-electron chi connectivity index (χ1n) is 5.95. The summed E-state index contributed by atoms with van der Waals surface area (Å²) in [5.41, 5.74) is 7.67. The molecule has 0 unspecified atom stereocenters. The first kappa shape index (κ1) is 14.3. The molecular formula is C14H10Cl2N2O2S. The number of ether oxygens (including phenoxy) is 1. The van der Waals surface area contributed by atoms with Crippen LogP contribution in [0.2, 0.25) is 10.0 Å². The summed E-state index contributed by atoms with van der Waals surface area (Å²) < 4.78 is 10.5. The van der Waals surface area contributed by atoms with Crippen LogP contribution in [0.3, 0.4) is 0 Å². The summed E-state index contributed by atoms with van der Waals surface area (Å²) in [6.45, 7) is 0. The number of thiophene rings is 1. The average Bonchev–Trinajstić information content (AvgIpc) is 3.06. The molecule has 3 aromatic rings. The van der Waals surface area contributed by atoms with E-state index in [1.54, 1.807) is 25.3 Å². The van der Waals surface area contributed by atoms with Crippen LogP contribution < -0.4 is 10.5 Å². The number of hydrogen-bond donors (Lipinski definition) is 1. The molecule has 7 heteroatoms. The maximum absolute atomic E-state index is 6.26. The van der Waals surface area contributed by atoms with Crippen molar-refractivity contribution < 1.29 is 9.26 Å². The second-order valence-corrected chi connectivity index (χ2v) is 5.92. The quantitative estimate of drug-likeness (QED) is 0.731. The number of aromatic nitrogens is 1. The van der Waals surface area contributed by atoms with Crippen molar-refractivity contribution in [1.82, 2.24) is 5.16 Å². The fourth-order valence-electron chi connectivity index (χ4n) is 2.07. The zero-order chi connectivity index (χ0) is 15.0. The van der Waals surface area contributed by atoms with Crippen LogP contribution in [0.4, 0.5) is 5.88 Å². The zero-order valence-corrected chi connectivity index (χ0v) is 13.2. The van der Waals surface area contributed by atoms with E-state index in [0.717, 1.165) is 4.88 Å². The molecule has 0 atom stereocenters. The molecule has 0 bridgehead atoms. The smallest absolute Gasteiger partial charge is 0.230 e. The summed E-state index contributed by atoms with van der Waals surface area (Å²) in [7, 11) is 1.59. The zero-order valence-electron chi connectivity index (χ0n) is 10.9. The molecule has 0 radical (unpaired) electrons. The van der Waals surface area contributed by atoms with Gasteiger partial charge in [0.25, 0.3) is 0 Å². The lowest BCUT2D eigenvalue weighted by Crippen LogP contribution is -1.90. The van der Waals surface area contributed by atoms with Crippen molar-refractivity contribution >= 4 is 40.4 Å². The Bertz CT molecular complexity index is 778. The Morgan fingerprint density at radius 2 is 1.90 bits per heavy atom. The van der Waals surface area contributed by atoms with Gasteiger partial charge in [0.1, 0.15) is 11.4 Å². The Morgan fingerprint density at radius 3 is 2.57 bits per heavy atom. The Morgan fingerprint density at radius 1 is 1.19 bits per heavy atom. The van der Waals surface area contributed by atoms with Gasteiger partial charge in [-0.2, -0.15) is 0 Å². The van der Waals surface area contributed by atoms with Gasteiger partial charge >= 0.3 is 0 Å². The van der Waals surface area contributed by atoms with E-state index in [1.165, 1.54) is 11.3 Å². The van der Waals surface area contributed by atoms with Crippen molar-refractivity contribution in [3.8, 4) is 27.4 Å². The molecule has 1 aromatic carbocycles. The van der Waals surface area contributed by atoms with Crippen LogP contribution in [0.5, 0.6) is 5.75 Å². The third-order valence-corrected chi connectivity index (χ3v) is 4.53. The van der Waals surface area contributed by atoms with Gasteiger partial charge in [-0.1, -0.05) is 34.4 Å². The van der Waals surface area contributed by atoms with E-state index >= 15 is 0 Å². The summed E-state index contributed by atoms with van der Waals surface area (Å²) in [6, 6.07) is 7.10. The highest BCUT2D eigenvalue weighted by Gasteiger charge is 2.24. The molecule has 0 saturated heterocycles.